The molecule has 0 spiro atoms. The summed E-state index contributed by atoms with van der Waals surface area (Å²) in [6.07, 6.45) is 1.42. The van der Waals surface area contributed by atoms with Gasteiger partial charge in [0, 0.05) is 0 Å². The number of thiophene rings is 1. The summed E-state index contributed by atoms with van der Waals surface area (Å²) in [6.45, 7) is 0. The number of carbonyl (C=O) groups excluding carboxylic acids is 2. The third-order valence-corrected chi connectivity index (χ3v) is 5.74. The molecule has 4 aromatic rings. The molecule has 0 aliphatic rings. The summed E-state index contributed by atoms with van der Waals surface area (Å²) in [5.41, 5.74) is 0.805. The van der Waals surface area contributed by atoms with Crippen LogP contribution >= 0.6 is 11.3 Å². The van der Waals surface area contributed by atoms with Gasteiger partial charge in [-0.3, -0.25) is 4.79 Å². The van der Waals surface area contributed by atoms with Crippen molar-refractivity contribution in [2.75, 3.05) is 12.4 Å². The Kier molecular flexibility index (Phi) is 7.76. The molecule has 8 heteroatoms. The summed E-state index contributed by atoms with van der Waals surface area (Å²) in [5.74, 6) is 0.458. The summed E-state index contributed by atoms with van der Waals surface area (Å²) in [7, 11) is 1.44. The number of rotatable bonds is 8. The summed E-state index contributed by atoms with van der Waals surface area (Å²) < 4.78 is 16.6. The lowest BCUT2D eigenvalue weighted by Crippen LogP contribution is -2.14. The number of ether oxygens (including phenoxy) is 3. The van der Waals surface area contributed by atoms with Crippen molar-refractivity contribution >= 4 is 35.0 Å². The third kappa shape index (κ3) is 5.97. The lowest BCUT2D eigenvalue weighted by molar-refractivity contribution is -0.112. The Morgan fingerprint density at radius 1 is 0.917 bits per heavy atom. The maximum absolute atomic E-state index is 12.9. The summed E-state index contributed by atoms with van der Waals surface area (Å²) >= 11 is 1.27. The van der Waals surface area contributed by atoms with E-state index in [1.165, 1.54) is 24.5 Å². The molecule has 0 aliphatic carbocycles. The predicted molar refractivity (Wildman–Crippen MR) is 137 cm³/mol. The van der Waals surface area contributed by atoms with E-state index in [0.29, 0.717) is 27.6 Å². The molecule has 0 saturated carbocycles. The number of amides is 1. The molecule has 1 aromatic heterocycles. The lowest BCUT2D eigenvalue weighted by atomic mass is 10.1. The molecule has 36 heavy (non-hydrogen) atoms. The zero-order chi connectivity index (χ0) is 25.3. The van der Waals surface area contributed by atoms with Gasteiger partial charge in [0.05, 0.1) is 12.8 Å². The quantitative estimate of drug-likeness (QED) is 0.133. The van der Waals surface area contributed by atoms with Crippen molar-refractivity contribution in [2.45, 2.75) is 0 Å². The van der Waals surface area contributed by atoms with Gasteiger partial charge in [0.15, 0.2) is 17.2 Å². The number of nitrogens with one attached hydrogen (secondary N) is 1. The van der Waals surface area contributed by atoms with Crippen LogP contribution in [0.5, 0.6) is 23.0 Å². The van der Waals surface area contributed by atoms with Gasteiger partial charge in [-0.05, 0) is 59.5 Å². The van der Waals surface area contributed by atoms with Crippen molar-refractivity contribution in [3.63, 3.8) is 0 Å². The van der Waals surface area contributed by atoms with Gasteiger partial charge in [-0.15, -0.1) is 11.3 Å². The Balaban J connectivity index is 1.52. The smallest absolute Gasteiger partial charge is 0.353 e. The molecule has 0 bridgehead atoms. The number of methoxy groups -OCH3 is 1. The molecular weight excluding hydrogens is 476 g/mol. The third-order valence-electron chi connectivity index (χ3n) is 4.90. The maximum atomic E-state index is 12.9. The molecule has 3 aromatic carbocycles. The maximum Gasteiger partial charge on any atom is 0.353 e. The fourth-order valence-corrected chi connectivity index (χ4v) is 3.78. The highest BCUT2D eigenvalue weighted by molar-refractivity contribution is 7.12. The highest BCUT2D eigenvalue weighted by atomic mass is 32.1. The van der Waals surface area contributed by atoms with E-state index in [2.05, 4.69) is 5.32 Å². The molecule has 0 atom stereocenters. The van der Waals surface area contributed by atoms with Crippen LogP contribution in [-0.4, -0.2) is 19.0 Å². The van der Waals surface area contributed by atoms with Crippen LogP contribution < -0.4 is 19.5 Å². The van der Waals surface area contributed by atoms with Crippen LogP contribution in [0, 0.1) is 11.3 Å². The summed E-state index contributed by atoms with van der Waals surface area (Å²) in [4.78, 5) is 25.6. The largest absolute Gasteiger partial charge is 0.493 e. The highest BCUT2D eigenvalue weighted by Gasteiger charge is 2.16. The highest BCUT2D eigenvalue weighted by Crippen LogP contribution is 2.31. The van der Waals surface area contributed by atoms with E-state index in [1.54, 1.807) is 72.1 Å². The van der Waals surface area contributed by atoms with Gasteiger partial charge >= 0.3 is 5.97 Å². The van der Waals surface area contributed by atoms with Crippen LogP contribution in [0.1, 0.15) is 15.2 Å². The van der Waals surface area contributed by atoms with Gasteiger partial charge in [-0.1, -0.05) is 42.5 Å². The summed E-state index contributed by atoms with van der Waals surface area (Å²) in [5, 5.41) is 14.1. The van der Waals surface area contributed by atoms with E-state index in [0.717, 1.165) is 0 Å². The van der Waals surface area contributed by atoms with Crippen molar-refractivity contribution in [1.82, 2.24) is 0 Å². The number of nitriles is 1. The van der Waals surface area contributed by atoms with E-state index in [-0.39, 0.29) is 17.1 Å². The average molecular weight is 497 g/mol. The molecule has 0 fully saturated rings. The lowest BCUT2D eigenvalue weighted by Gasteiger charge is -2.12. The molecule has 4 rings (SSSR count). The van der Waals surface area contributed by atoms with Gasteiger partial charge in [0.25, 0.3) is 5.91 Å². The molecule has 1 N–H and O–H groups in total. The molecule has 0 radical (unpaired) electrons. The molecular formula is C28H20N2O5S. The normalized spacial score (nSPS) is 10.7. The van der Waals surface area contributed by atoms with Gasteiger partial charge < -0.3 is 19.5 Å². The van der Waals surface area contributed by atoms with Gasteiger partial charge in [0.1, 0.15) is 22.3 Å². The van der Waals surface area contributed by atoms with Crippen LogP contribution in [0.4, 0.5) is 5.69 Å². The second kappa shape index (κ2) is 11.5. The van der Waals surface area contributed by atoms with Crippen molar-refractivity contribution in [3.8, 4) is 29.1 Å². The van der Waals surface area contributed by atoms with Crippen LogP contribution in [0.15, 0.2) is 95.9 Å². The van der Waals surface area contributed by atoms with E-state index < -0.39 is 11.9 Å². The number of hydrogen-bond donors (Lipinski definition) is 1. The molecule has 7 nitrogen and oxygen atoms in total. The molecule has 1 amide bonds. The predicted octanol–water partition coefficient (Wildman–Crippen LogP) is 6.31. The topological polar surface area (TPSA) is 97.7 Å². The number of para-hydroxylation sites is 3. The minimum atomic E-state index is -0.603. The second-order valence-electron chi connectivity index (χ2n) is 7.31. The van der Waals surface area contributed by atoms with E-state index in [4.69, 9.17) is 14.2 Å². The molecule has 0 unspecified atom stereocenters. The SMILES string of the molecule is COc1cc(C=C(C#N)C(=O)Nc2ccccc2Oc2ccccc2)ccc1OC(=O)c1cccs1. The van der Waals surface area contributed by atoms with E-state index in [9.17, 15) is 14.9 Å². The minimum absolute atomic E-state index is 0.130. The Morgan fingerprint density at radius 3 is 2.42 bits per heavy atom. The number of carbonyl (C=O) groups is 2. The number of hydrogen-bond acceptors (Lipinski definition) is 7. The average Bonchev–Trinajstić information content (AvgIpc) is 3.45. The number of nitrogens with zero attached hydrogens (tertiary/aromatic N) is 1. The monoisotopic (exact) mass is 496 g/mol. The van der Waals surface area contributed by atoms with Crippen molar-refractivity contribution < 1.29 is 23.8 Å². The van der Waals surface area contributed by atoms with Crippen LogP contribution in [0.25, 0.3) is 6.08 Å². The molecule has 178 valence electrons. The number of benzene rings is 3. The number of esters is 1. The van der Waals surface area contributed by atoms with E-state index >= 15 is 0 Å². The van der Waals surface area contributed by atoms with Gasteiger partial charge in [-0.25, -0.2) is 4.79 Å². The minimum Gasteiger partial charge on any atom is -0.493 e. The fraction of sp³-hybridized carbons (Fsp3) is 0.0357. The molecule has 1 heterocycles. The van der Waals surface area contributed by atoms with Crippen LogP contribution in [-0.2, 0) is 4.79 Å². The first-order valence-electron chi connectivity index (χ1n) is 10.8. The van der Waals surface area contributed by atoms with Crippen molar-refractivity contribution in [2.24, 2.45) is 0 Å². The first-order chi connectivity index (χ1) is 17.6. The molecule has 0 saturated heterocycles. The Morgan fingerprint density at radius 2 is 1.69 bits per heavy atom. The Labute approximate surface area is 211 Å². The molecule has 0 aliphatic heterocycles. The van der Waals surface area contributed by atoms with Gasteiger partial charge in [-0.2, -0.15) is 5.26 Å². The zero-order valence-electron chi connectivity index (χ0n) is 19.1. The first kappa shape index (κ1) is 24.3. The van der Waals surface area contributed by atoms with Crippen LogP contribution in [0.2, 0.25) is 0 Å². The number of anilines is 1. The standard InChI is InChI=1S/C28H20N2O5S/c1-33-25-17-19(13-14-24(25)35-28(32)26-12-7-15-36-26)16-20(18-29)27(31)30-22-10-5-6-11-23(22)34-21-8-3-2-4-9-21/h2-17H,1H3,(H,30,31). The van der Waals surface area contributed by atoms with Gasteiger partial charge in [0.2, 0.25) is 0 Å². The first-order valence-corrected chi connectivity index (χ1v) is 11.6. The van der Waals surface area contributed by atoms with Crippen molar-refractivity contribution in [1.29, 1.82) is 5.26 Å². The Hall–Kier alpha value is -4.87. The van der Waals surface area contributed by atoms with Crippen molar-refractivity contribution in [3.05, 3.63) is 106 Å². The Bertz CT molecular complexity index is 1440. The second-order valence-corrected chi connectivity index (χ2v) is 8.26. The van der Waals surface area contributed by atoms with Crippen LogP contribution in [0.3, 0.4) is 0 Å². The van der Waals surface area contributed by atoms with E-state index in [1.807, 2.05) is 24.3 Å². The zero-order valence-corrected chi connectivity index (χ0v) is 20.0. The fourth-order valence-electron chi connectivity index (χ4n) is 3.18. The summed E-state index contributed by atoms with van der Waals surface area (Å²) in [6, 6.07) is 26.2.